The fourth-order valence-electron chi connectivity index (χ4n) is 3.37. The Morgan fingerprint density at radius 1 is 0.750 bits per heavy atom. The summed E-state index contributed by atoms with van der Waals surface area (Å²) < 4.78 is 22.5. The molecule has 8 nitrogen and oxygen atoms in total. The Bertz CT molecular complexity index is 785. The number of ether oxygens (including phenoxy) is 4. The highest BCUT2D eigenvalue weighted by Gasteiger charge is 2.46. The van der Waals surface area contributed by atoms with Crippen molar-refractivity contribution >= 4 is 12.2 Å². The van der Waals surface area contributed by atoms with Crippen LogP contribution in [0.25, 0.3) is 0 Å². The number of hydrogen-bond donors (Lipinski definition) is 0. The Kier molecular flexibility index (Phi) is 7.14. The quantitative estimate of drug-likeness (QED) is 0.526. The molecule has 0 aromatic rings. The van der Waals surface area contributed by atoms with Gasteiger partial charge in [0.15, 0.2) is 0 Å². The molecule has 0 aliphatic carbocycles. The Hall–Kier alpha value is -2.42. The van der Waals surface area contributed by atoms with Crippen LogP contribution in [0.2, 0.25) is 0 Å². The zero-order chi connectivity index (χ0) is 24.5. The van der Waals surface area contributed by atoms with Gasteiger partial charge in [0.2, 0.25) is 0 Å². The van der Waals surface area contributed by atoms with Gasteiger partial charge in [-0.2, -0.15) is 0 Å². The molecule has 2 heterocycles. The lowest BCUT2D eigenvalue weighted by Crippen LogP contribution is -2.49. The summed E-state index contributed by atoms with van der Waals surface area (Å²) in [5, 5.41) is 0. The zero-order valence-electron chi connectivity index (χ0n) is 20.9. The minimum atomic E-state index is -0.841. The van der Waals surface area contributed by atoms with Crippen LogP contribution in [-0.2, 0) is 18.9 Å². The van der Waals surface area contributed by atoms with Crippen molar-refractivity contribution < 1.29 is 28.5 Å². The minimum absolute atomic E-state index is 0.254. The van der Waals surface area contributed by atoms with E-state index in [1.165, 1.54) is 9.80 Å². The number of rotatable bonds is 0. The van der Waals surface area contributed by atoms with Gasteiger partial charge in [-0.1, -0.05) is 11.8 Å². The maximum absolute atomic E-state index is 12.7. The van der Waals surface area contributed by atoms with E-state index >= 15 is 0 Å². The number of hydrogen-bond acceptors (Lipinski definition) is 6. The van der Waals surface area contributed by atoms with E-state index in [2.05, 4.69) is 23.7 Å². The van der Waals surface area contributed by atoms with Crippen LogP contribution in [0.4, 0.5) is 9.59 Å². The van der Waals surface area contributed by atoms with Gasteiger partial charge in [0.25, 0.3) is 0 Å². The van der Waals surface area contributed by atoms with Crippen LogP contribution in [-0.4, -0.2) is 69.9 Å². The highest BCUT2D eigenvalue weighted by molar-refractivity contribution is 5.71. The summed E-state index contributed by atoms with van der Waals surface area (Å²) in [5.41, 5.74) is -2.94. The molecule has 0 radical (unpaired) electrons. The molecule has 2 saturated heterocycles. The van der Waals surface area contributed by atoms with Crippen LogP contribution in [0.3, 0.4) is 0 Å². The van der Waals surface area contributed by atoms with E-state index in [1.807, 2.05) is 41.5 Å². The Balaban J connectivity index is 2.17. The van der Waals surface area contributed by atoms with Crippen LogP contribution in [0.5, 0.6) is 0 Å². The standard InChI is InChI=1S/C24H36N2O6/c1-21(2,3)31-19(27)25-17(15-29-23(25,7)8)13-11-12-14-18-16-30-24(9,10)26(18)20(28)32-22(4,5)6/h17-18H,15-16H2,1-10H3/t17-,18-/m1/s1. The topological polar surface area (TPSA) is 77.5 Å². The summed E-state index contributed by atoms with van der Waals surface area (Å²) in [4.78, 5) is 28.3. The molecule has 2 aliphatic heterocycles. The minimum Gasteiger partial charge on any atom is -0.444 e. The maximum atomic E-state index is 12.7. The maximum Gasteiger partial charge on any atom is 0.413 e. The molecule has 2 aliphatic rings. The van der Waals surface area contributed by atoms with Crippen LogP contribution in [0.15, 0.2) is 0 Å². The Morgan fingerprint density at radius 2 is 1.06 bits per heavy atom. The molecule has 8 heteroatoms. The van der Waals surface area contributed by atoms with Gasteiger partial charge >= 0.3 is 12.2 Å². The second-order valence-electron chi connectivity index (χ2n) is 10.8. The van der Waals surface area contributed by atoms with Gasteiger partial charge < -0.3 is 18.9 Å². The van der Waals surface area contributed by atoms with Crippen LogP contribution in [0.1, 0.15) is 69.2 Å². The number of amides is 2. The number of carbonyl (C=O) groups excluding carboxylic acids is 2. The molecule has 2 rings (SSSR count). The van der Waals surface area contributed by atoms with Crippen molar-refractivity contribution in [3.8, 4) is 23.7 Å². The van der Waals surface area contributed by atoms with E-state index in [1.54, 1.807) is 27.7 Å². The fraction of sp³-hybridized carbons (Fsp3) is 0.750. The predicted molar refractivity (Wildman–Crippen MR) is 119 cm³/mol. The first kappa shape index (κ1) is 25.8. The van der Waals surface area contributed by atoms with Gasteiger partial charge in [-0.25, -0.2) is 9.59 Å². The first-order valence-electron chi connectivity index (χ1n) is 10.8. The second-order valence-corrected chi connectivity index (χ2v) is 10.8. The fourth-order valence-corrected chi connectivity index (χ4v) is 3.37. The van der Waals surface area contributed by atoms with E-state index in [9.17, 15) is 9.59 Å². The van der Waals surface area contributed by atoms with Gasteiger partial charge in [-0.3, -0.25) is 9.80 Å². The summed E-state index contributed by atoms with van der Waals surface area (Å²) in [6, 6.07) is -0.986. The van der Waals surface area contributed by atoms with E-state index in [0.29, 0.717) is 0 Å². The zero-order valence-corrected chi connectivity index (χ0v) is 20.9. The molecule has 32 heavy (non-hydrogen) atoms. The summed E-state index contributed by atoms with van der Waals surface area (Å²) in [6.07, 6.45) is -0.983. The summed E-state index contributed by atoms with van der Waals surface area (Å²) in [5.74, 6) is 11.6. The van der Waals surface area contributed by atoms with E-state index in [4.69, 9.17) is 18.9 Å². The van der Waals surface area contributed by atoms with Crippen molar-refractivity contribution in [3.05, 3.63) is 0 Å². The van der Waals surface area contributed by atoms with Crippen molar-refractivity contribution in [2.45, 2.75) is 104 Å². The predicted octanol–water partition coefficient (Wildman–Crippen LogP) is 3.74. The third-order valence-electron chi connectivity index (χ3n) is 4.69. The Morgan fingerprint density at radius 3 is 1.34 bits per heavy atom. The molecule has 178 valence electrons. The van der Waals surface area contributed by atoms with Gasteiger partial charge in [-0.05, 0) is 81.1 Å². The molecule has 0 spiro atoms. The molecule has 0 N–H and O–H groups in total. The van der Waals surface area contributed by atoms with E-state index in [0.717, 1.165) is 0 Å². The third kappa shape index (κ3) is 6.54. The molecule has 0 aromatic carbocycles. The number of carbonyl (C=O) groups is 2. The van der Waals surface area contributed by atoms with Crippen molar-refractivity contribution in [1.29, 1.82) is 0 Å². The smallest absolute Gasteiger partial charge is 0.413 e. The van der Waals surface area contributed by atoms with Crippen molar-refractivity contribution in [2.24, 2.45) is 0 Å². The van der Waals surface area contributed by atoms with Gasteiger partial charge in [0, 0.05) is 0 Å². The van der Waals surface area contributed by atoms with Crippen molar-refractivity contribution in [3.63, 3.8) is 0 Å². The molecule has 0 saturated carbocycles. The molecule has 2 atom stereocenters. The van der Waals surface area contributed by atoms with Gasteiger partial charge in [0.05, 0.1) is 13.2 Å². The monoisotopic (exact) mass is 448 g/mol. The average Bonchev–Trinajstić information content (AvgIpc) is 3.03. The van der Waals surface area contributed by atoms with Crippen molar-refractivity contribution in [2.75, 3.05) is 13.2 Å². The van der Waals surface area contributed by atoms with Crippen LogP contribution < -0.4 is 0 Å². The summed E-state index contributed by atoms with van der Waals surface area (Å²) >= 11 is 0. The molecule has 0 aromatic heterocycles. The lowest BCUT2D eigenvalue weighted by Gasteiger charge is -2.33. The SMILES string of the molecule is CC(C)(C)OC(=O)N1[C@H](C#CC#C[C@@H]2COC(C)(C)N2C(=O)OC(C)(C)C)COC1(C)C. The molecule has 0 bridgehead atoms. The van der Waals surface area contributed by atoms with E-state index in [-0.39, 0.29) is 13.2 Å². The largest absolute Gasteiger partial charge is 0.444 e. The van der Waals surface area contributed by atoms with Crippen LogP contribution >= 0.6 is 0 Å². The summed E-state index contributed by atoms with van der Waals surface area (Å²) in [7, 11) is 0. The molecule has 0 unspecified atom stereocenters. The molecule has 2 fully saturated rings. The average molecular weight is 449 g/mol. The van der Waals surface area contributed by atoms with E-state index < -0.39 is 46.9 Å². The van der Waals surface area contributed by atoms with Crippen LogP contribution in [0, 0.1) is 23.7 Å². The van der Waals surface area contributed by atoms with Crippen molar-refractivity contribution in [1.82, 2.24) is 9.80 Å². The van der Waals surface area contributed by atoms with Gasteiger partial charge in [0.1, 0.15) is 34.7 Å². The lowest BCUT2D eigenvalue weighted by molar-refractivity contribution is -0.0619. The Labute approximate surface area is 191 Å². The molecular formula is C24H36N2O6. The highest BCUT2D eigenvalue weighted by atomic mass is 16.6. The number of nitrogens with zero attached hydrogens (tertiary/aromatic N) is 2. The highest BCUT2D eigenvalue weighted by Crippen LogP contribution is 2.30. The first-order chi connectivity index (χ1) is 14.4. The first-order valence-corrected chi connectivity index (χ1v) is 10.8. The lowest BCUT2D eigenvalue weighted by atomic mass is 10.2. The van der Waals surface area contributed by atoms with Gasteiger partial charge in [-0.15, -0.1) is 0 Å². The summed E-state index contributed by atoms with van der Waals surface area (Å²) in [6.45, 7) is 18.5. The third-order valence-corrected chi connectivity index (χ3v) is 4.69. The second kappa shape index (κ2) is 8.84. The molecule has 2 amide bonds. The molecular weight excluding hydrogens is 412 g/mol. The normalized spacial score (nSPS) is 24.2.